The van der Waals surface area contributed by atoms with Gasteiger partial charge in [0.15, 0.2) is 5.82 Å². The quantitative estimate of drug-likeness (QED) is 0.759. The molecule has 2 atom stereocenters. The third kappa shape index (κ3) is 2.79. The molecular weight excluding hydrogens is 208 g/mol. The molecular formula is C10H16N4O2. The second-order valence-electron chi connectivity index (χ2n) is 4.14. The van der Waals surface area contributed by atoms with Gasteiger partial charge in [-0.25, -0.2) is 0 Å². The zero-order valence-corrected chi connectivity index (χ0v) is 9.27. The first kappa shape index (κ1) is 11.1. The van der Waals surface area contributed by atoms with Gasteiger partial charge in [-0.2, -0.15) is 4.98 Å². The Balaban J connectivity index is 1.79. The van der Waals surface area contributed by atoms with Crippen LogP contribution in [0, 0.1) is 5.92 Å². The molecule has 6 nitrogen and oxygen atoms in total. The van der Waals surface area contributed by atoms with E-state index in [-0.39, 0.29) is 11.8 Å². The van der Waals surface area contributed by atoms with Gasteiger partial charge in [0, 0.05) is 12.0 Å². The van der Waals surface area contributed by atoms with Gasteiger partial charge in [0.1, 0.15) is 0 Å². The van der Waals surface area contributed by atoms with Crippen LogP contribution >= 0.6 is 0 Å². The number of amides is 1. The Labute approximate surface area is 93.8 Å². The van der Waals surface area contributed by atoms with Crippen LogP contribution in [0.25, 0.3) is 0 Å². The first-order valence-electron chi connectivity index (χ1n) is 5.52. The third-order valence-electron chi connectivity index (χ3n) is 2.82. The van der Waals surface area contributed by atoms with Gasteiger partial charge in [0.2, 0.25) is 12.3 Å². The molecule has 1 amide bonds. The van der Waals surface area contributed by atoms with E-state index in [1.807, 2.05) is 0 Å². The van der Waals surface area contributed by atoms with E-state index in [2.05, 4.69) is 32.2 Å². The van der Waals surface area contributed by atoms with Crippen LogP contribution in [0.3, 0.4) is 0 Å². The molecule has 2 N–H and O–H groups in total. The number of carbonyl (C=O) groups excluding carboxylic acids is 1. The lowest BCUT2D eigenvalue weighted by atomic mass is 9.92. The van der Waals surface area contributed by atoms with Crippen LogP contribution in [0.4, 0.5) is 0 Å². The Kier molecular flexibility index (Phi) is 3.51. The van der Waals surface area contributed by atoms with Crippen molar-refractivity contribution in [1.82, 2.24) is 20.8 Å². The molecule has 1 saturated heterocycles. The fraction of sp³-hybridized carbons (Fsp3) is 0.700. The van der Waals surface area contributed by atoms with Gasteiger partial charge in [-0.3, -0.25) is 4.79 Å². The van der Waals surface area contributed by atoms with Crippen molar-refractivity contribution >= 4 is 5.91 Å². The number of piperidine rings is 1. The summed E-state index contributed by atoms with van der Waals surface area (Å²) < 4.78 is 4.59. The molecule has 0 spiro atoms. The molecule has 1 aromatic rings. The van der Waals surface area contributed by atoms with Crippen molar-refractivity contribution in [3.8, 4) is 0 Å². The number of carbonyl (C=O) groups is 1. The van der Waals surface area contributed by atoms with E-state index in [1.54, 1.807) is 0 Å². The molecule has 1 aliphatic heterocycles. The molecule has 1 fully saturated rings. The average Bonchev–Trinajstić information content (AvgIpc) is 2.78. The number of rotatable bonds is 3. The van der Waals surface area contributed by atoms with Crippen molar-refractivity contribution in [1.29, 1.82) is 0 Å². The summed E-state index contributed by atoms with van der Waals surface area (Å²) >= 11 is 0. The maximum absolute atomic E-state index is 11.8. The Morgan fingerprint density at radius 3 is 3.31 bits per heavy atom. The SMILES string of the molecule is CC1CC(C(=O)NCc2ncon2)CCN1. The van der Waals surface area contributed by atoms with Crippen LogP contribution in [0.15, 0.2) is 10.9 Å². The molecule has 0 saturated carbocycles. The van der Waals surface area contributed by atoms with E-state index >= 15 is 0 Å². The lowest BCUT2D eigenvalue weighted by molar-refractivity contribution is -0.126. The molecule has 2 heterocycles. The summed E-state index contributed by atoms with van der Waals surface area (Å²) in [6.07, 6.45) is 3.04. The van der Waals surface area contributed by atoms with E-state index < -0.39 is 0 Å². The van der Waals surface area contributed by atoms with Crippen LogP contribution in [0.1, 0.15) is 25.6 Å². The highest BCUT2D eigenvalue weighted by Crippen LogP contribution is 2.15. The predicted molar refractivity (Wildman–Crippen MR) is 56.3 cm³/mol. The maximum atomic E-state index is 11.8. The van der Waals surface area contributed by atoms with Crippen LogP contribution in [0.5, 0.6) is 0 Å². The largest absolute Gasteiger partial charge is 0.348 e. The first-order chi connectivity index (χ1) is 7.75. The molecule has 0 radical (unpaired) electrons. The maximum Gasteiger partial charge on any atom is 0.223 e. The highest BCUT2D eigenvalue weighted by atomic mass is 16.5. The molecule has 88 valence electrons. The normalized spacial score (nSPS) is 25.3. The highest BCUT2D eigenvalue weighted by Gasteiger charge is 2.24. The van der Waals surface area contributed by atoms with Crippen molar-refractivity contribution in [2.24, 2.45) is 5.92 Å². The predicted octanol–water partition coefficient (Wildman–Crippen LogP) is 0.0739. The Morgan fingerprint density at radius 2 is 2.62 bits per heavy atom. The van der Waals surface area contributed by atoms with E-state index in [4.69, 9.17) is 0 Å². The lowest BCUT2D eigenvalue weighted by Crippen LogP contribution is -2.42. The number of nitrogens with zero attached hydrogens (tertiary/aromatic N) is 2. The smallest absolute Gasteiger partial charge is 0.223 e. The third-order valence-corrected chi connectivity index (χ3v) is 2.82. The molecule has 0 bridgehead atoms. The summed E-state index contributed by atoms with van der Waals surface area (Å²) in [5.74, 6) is 0.691. The summed E-state index contributed by atoms with van der Waals surface area (Å²) in [6.45, 7) is 3.34. The van der Waals surface area contributed by atoms with Gasteiger partial charge in [-0.05, 0) is 26.3 Å². The number of aromatic nitrogens is 2. The van der Waals surface area contributed by atoms with Gasteiger partial charge < -0.3 is 15.2 Å². The fourth-order valence-electron chi connectivity index (χ4n) is 1.95. The molecule has 1 aromatic heterocycles. The second-order valence-corrected chi connectivity index (χ2v) is 4.14. The molecule has 6 heteroatoms. The molecule has 1 aliphatic rings. The number of hydrogen-bond acceptors (Lipinski definition) is 5. The summed E-state index contributed by atoms with van der Waals surface area (Å²) in [7, 11) is 0. The van der Waals surface area contributed by atoms with Crippen LogP contribution in [0.2, 0.25) is 0 Å². The second kappa shape index (κ2) is 5.07. The van der Waals surface area contributed by atoms with Crippen LogP contribution in [-0.2, 0) is 11.3 Å². The zero-order chi connectivity index (χ0) is 11.4. The topological polar surface area (TPSA) is 80.1 Å². The highest BCUT2D eigenvalue weighted by molar-refractivity contribution is 5.78. The van der Waals surface area contributed by atoms with Crippen LogP contribution < -0.4 is 10.6 Å². The summed E-state index contributed by atoms with van der Waals surface area (Å²) in [4.78, 5) is 15.7. The van der Waals surface area contributed by atoms with Gasteiger partial charge in [0.05, 0.1) is 6.54 Å². The van der Waals surface area contributed by atoms with Crippen molar-refractivity contribution in [3.05, 3.63) is 12.2 Å². The average molecular weight is 224 g/mol. The van der Waals surface area contributed by atoms with Crippen molar-refractivity contribution in [2.75, 3.05) is 6.54 Å². The zero-order valence-electron chi connectivity index (χ0n) is 9.27. The minimum Gasteiger partial charge on any atom is -0.348 e. The number of nitrogens with one attached hydrogen (secondary N) is 2. The Morgan fingerprint density at radius 1 is 1.75 bits per heavy atom. The van der Waals surface area contributed by atoms with E-state index in [0.717, 1.165) is 19.4 Å². The monoisotopic (exact) mass is 224 g/mol. The molecule has 2 rings (SSSR count). The fourth-order valence-corrected chi connectivity index (χ4v) is 1.95. The summed E-state index contributed by atoms with van der Waals surface area (Å²) in [5, 5.41) is 9.78. The van der Waals surface area contributed by atoms with Crippen molar-refractivity contribution < 1.29 is 9.32 Å². The van der Waals surface area contributed by atoms with E-state index in [9.17, 15) is 4.79 Å². The lowest BCUT2D eigenvalue weighted by Gasteiger charge is -2.26. The molecule has 16 heavy (non-hydrogen) atoms. The Bertz CT molecular complexity index is 339. The van der Waals surface area contributed by atoms with Crippen molar-refractivity contribution in [2.45, 2.75) is 32.4 Å². The summed E-state index contributed by atoms with van der Waals surface area (Å²) in [5.41, 5.74) is 0. The Hall–Kier alpha value is -1.43. The van der Waals surface area contributed by atoms with Gasteiger partial charge in [-0.15, -0.1) is 0 Å². The molecule has 2 unspecified atom stereocenters. The van der Waals surface area contributed by atoms with Gasteiger partial charge >= 0.3 is 0 Å². The van der Waals surface area contributed by atoms with Gasteiger partial charge in [0.25, 0.3) is 0 Å². The number of hydrogen-bond donors (Lipinski definition) is 2. The molecule has 0 aromatic carbocycles. The van der Waals surface area contributed by atoms with Crippen molar-refractivity contribution in [3.63, 3.8) is 0 Å². The first-order valence-corrected chi connectivity index (χ1v) is 5.52. The minimum absolute atomic E-state index is 0.0816. The van der Waals surface area contributed by atoms with Crippen LogP contribution in [-0.4, -0.2) is 28.6 Å². The summed E-state index contributed by atoms with van der Waals surface area (Å²) in [6, 6.07) is 0.412. The van der Waals surface area contributed by atoms with E-state index in [1.165, 1.54) is 6.39 Å². The molecule has 0 aliphatic carbocycles. The van der Waals surface area contributed by atoms with E-state index in [0.29, 0.717) is 18.4 Å². The van der Waals surface area contributed by atoms with Gasteiger partial charge in [-0.1, -0.05) is 5.16 Å². The minimum atomic E-state index is 0.0816. The standard InChI is InChI=1S/C10H16N4O2/c1-7-4-8(2-3-11-7)10(15)12-5-9-13-6-16-14-9/h6-8,11H,2-5H2,1H3,(H,12,15).